The SMILES string of the molecule is CC(=O)NC(CC(=O)Nc1nc(-c2ccccc2)ns1)c1ccc(Cl)cc1. The summed E-state index contributed by atoms with van der Waals surface area (Å²) in [6.45, 7) is 1.41. The molecule has 1 atom stereocenters. The van der Waals surface area contributed by atoms with Crippen molar-refractivity contribution in [3.05, 3.63) is 65.2 Å². The number of benzene rings is 2. The van der Waals surface area contributed by atoms with Gasteiger partial charge in [-0.2, -0.15) is 9.36 Å². The first-order valence-corrected chi connectivity index (χ1v) is 9.38. The van der Waals surface area contributed by atoms with Gasteiger partial charge in [-0.3, -0.25) is 9.59 Å². The lowest BCUT2D eigenvalue weighted by Gasteiger charge is -2.17. The summed E-state index contributed by atoms with van der Waals surface area (Å²) < 4.78 is 4.27. The third kappa shape index (κ3) is 5.35. The van der Waals surface area contributed by atoms with Crippen LogP contribution in [-0.2, 0) is 9.59 Å². The fourth-order valence-electron chi connectivity index (χ4n) is 2.53. The second-order valence-electron chi connectivity index (χ2n) is 5.85. The van der Waals surface area contributed by atoms with Crippen LogP contribution in [-0.4, -0.2) is 21.2 Å². The molecule has 0 radical (unpaired) electrons. The maximum absolute atomic E-state index is 12.4. The number of nitrogens with zero attached hydrogens (tertiary/aromatic N) is 2. The second kappa shape index (κ2) is 8.75. The number of aromatic nitrogens is 2. The zero-order valence-corrected chi connectivity index (χ0v) is 16.1. The average Bonchev–Trinajstić information content (AvgIpc) is 3.10. The van der Waals surface area contributed by atoms with Gasteiger partial charge in [0.25, 0.3) is 0 Å². The Balaban J connectivity index is 1.68. The highest BCUT2D eigenvalue weighted by molar-refractivity contribution is 7.10. The molecule has 0 spiro atoms. The first-order valence-electron chi connectivity index (χ1n) is 8.23. The monoisotopic (exact) mass is 400 g/mol. The van der Waals surface area contributed by atoms with E-state index in [2.05, 4.69) is 20.0 Å². The summed E-state index contributed by atoms with van der Waals surface area (Å²) in [6, 6.07) is 16.1. The Kier molecular flexibility index (Phi) is 6.16. The molecule has 0 saturated heterocycles. The number of amides is 2. The molecule has 0 aliphatic carbocycles. The van der Waals surface area contributed by atoms with E-state index in [1.807, 2.05) is 30.3 Å². The normalized spacial score (nSPS) is 11.6. The molecule has 2 aromatic carbocycles. The van der Waals surface area contributed by atoms with Crippen molar-refractivity contribution in [1.82, 2.24) is 14.7 Å². The fraction of sp³-hybridized carbons (Fsp3) is 0.158. The quantitative estimate of drug-likeness (QED) is 0.653. The van der Waals surface area contributed by atoms with Crippen LogP contribution < -0.4 is 10.6 Å². The van der Waals surface area contributed by atoms with Gasteiger partial charge in [-0.1, -0.05) is 54.1 Å². The molecule has 6 nitrogen and oxygen atoms in total. The van der Waals surface area contributed by atoms with E-state index in [1.165, 1.54) is 6.92 Å². The van der Waals surface area contributed by atoms with Gasteiger partial charge >= 0.3 is 0 Å². The maximum atomic E-state index is 12.4. The third-order valence-corrected chi connectivity index (χ3v) is 4.63. The summed E-state index contributed by atoms with van der Waals surface area (Å²) >= 11 is 7.02. The molecule has 2 N–H and O–H groups in total. The highest BCUT2D eigenvalue weighted by Crippen LogP contribution is 2.23. The van der Waals surface area contributed by atoms with Crippen LogP contribution in [0.5, 0.6) is 0 Å². The van der Waals surface area contributed by atoms with E-state index in [1.54, 1.807) is 24.3 Å². The average molecular weight is 401 g/mol. The first kappa shape index (κ1) is 19.0. The van der Waals surface area contributed by atoms with Crippen molar-refractivity contribution < 1.29 is 9.59 Å². The molecule has 2 amide bonds. The predicted octanol–water partition coefficient (Wildman–Crippen LogP) is 4.06. The van der Waals surface area contributed by atoms with Gasteiger partial charge in [-0.05, 0) is 17.7 Å². The number of rotatable bonds is 6. The second-order valence-corrected chi connectivity index (χ2v) is 7.03. The van der Waals surface area contributed by atoms with Gasteiger partial charge in [0.1, 0.15) is 0 Å². The van der Waals surface area contributed by atoms with Crippen LogP contribution >= 0.6 is 23.1 Å². The molecule has 1 aromatic heterocycles. The number of halogens is 1. The third-order valence-electron chi connectivity index (χ3n) is 3.74. The molecule has 3 aromatic rings. The highest BCUT2D eigenvalue weighted by atomic mass is 35.5. The number of anilines is 1. The van der Waals surface area contributed by atoms with Crippen LogP contribution in [0, 0.1) is 0 Å². The minimum Gasteiger partial charge on any atom is -0.349 e. The Morgan fingerprint density at radius 1 is 1.11 bits per heavy atom. The summed E-state index contributed by atoms with van der Waals surface area (Å²) in [5.41, 5.74) is 1.68. The Morgan fingerprint density at radius 3 is 2.48 bits per heavy atom. The minimum absolute atomic E-state index is 0.0709. The van der Waals surface area contributed by atoms with Gasteiger partial charge < -0.3 is 10.6 Å². The lowest BCUT2D eigenvalue weighted by Crippen LogP contribution is -2.29. The van der Waals surface area contributed by atoms with Gasteiger partial charge in [0, 0.05) is 29.0 Å². The van der Waals surface area contributed by atoms with E-state index in [4.69, 9.17) is 11.6 Å². The van der Waals surface area contributed by atoms with Gasteiger partial charge in [0.15, 0.2) is 5.82 Å². The lowest BCUT2D eigenvalue weighted by molar-refractivity contribution is -0.120. The Labute approximate surface area is 165 Å². The predicted molar refractivity (Wildman–Crippen MR) is 107 cm³/mol. The van der Waals surface area contributed by atoms with Crippen LogP contribution in [0.15, 0.2) is 54.6 Å². The van der Waals surface area contributed by atoms with Crippen LogP contribution in [0.1, 0.15) is 24.9 Å². The molecule has 138 valence electrons. The van der Waals surface area contributed by atoms with Gasteiger partial charge in [0.2, 0.25) is 16.9 Å². The summed E-state index contributed by atoms with van der Waals surface area (Å²) in [4.78, 5) is 28.3. The van der Waals surface area contributed by atoms with E-state index in [9.17, 15) is 9.59 Å². The molecule has 8 heteroatoms. The zero-order valence-electron chi connectivity index (χ0n) is 14.5. The number of carbonyl (C=O) groups is 2. The zero-order chi connectivity index (χ0) is 19.2. The lowest BCUT2D eigenvalue weighted by atomic mass is 10.0. The van der Waals surface area contributed by atoms with Crippen molar-refractivity contribution in [1.29, 1.82) is 0 Å². The molecule has 0 bridgehead atoms. The van der Waals surface area contributed by atoms with E-state index in [0.717, 1.165) is 22.7 Å². The van der Waals surface area contributed by atoms with Crippen molar-refractivity contribution in [2.24, 2.45) is 0 Å². The molecule has 0 fully saturated rings. The van der Waals surface area contributed by atoms with Crippen LogP contribution in [0.4, 0.5) is 5.13 Å². The molecule has 1 unspecified atom stereocenters. The van der Waals surface area contributed by atoms with Crippen LogP contribution in [0.25, 0.3) is 11.4 Å². The number of nitrogens with one attached hydrogen (secondary N) is 2. The van der Waals surface area contributed by atoms with E-state index < -0.39 is 6.04 Å². The molecule has 0 aliphatic heterocycles. The van der Waals surface area contributed by atoms with E-state index in [0.29, 0.717) is 16.0 Å². The fourth-order valence-corrected chi connectivity index (χ4v) is 3.26. The largest absolute Gasteiger partial charge is 0.349 e. The van der Waals surface area contributed by atoms with E-state index >= 15 is 0 Å². The van der Waals surface area contributed by atoms with Gasteiger partial charge in [0.05, 0.1) is 12.5 Å². The highest BCUT2D eigenvalue weighted by Gasteiger charge is 2.18. The number of carbonyl (C=O) groups excluding carboxylic acids is 2. The summed E-state index contributed by atoms with van der Waals surface area (Å²) in [5.74, 6) is 0.0801. The molecule has 1 heterocycles. The number of hydrogen-bond donors (Lipinski definition) is 2. The summed E-state index contributed by atoms with van der Waals surface area (Å²) in [5, 5.41) is 6.54. The maximum Gasteiger partial charge on any atom is 0.228 e. The Morgan fingerprint density at radius 2 is 1.81 bits per heavy atom. The van der Waals surface area contributed by atoms with Crippen LogP contribution in [0.2, 0.25) is 5.02 Å². The molecular weight excluding hydrogens is 384 g/mol. The Hall–Kier alpha value is -2.77. The summed E-state index contributed by atoms with van der Waals surface area (Å²) in [7, 11) is 0. The number of hydrogen-bond acceptors (Lipinski definition) is 5. The molecule has 3 rings (SSSR count). The minimum atomic E-state index is -0.457. The topological polar surface area (TPSA) is 84.0 Å². The standard InChI is InChI=1S/C19H17ClN4O2S/c1-12(25)21-16(13-7-9-15(20)10-8-13)11-17(26)22-19-23-18(24-27-19)14-5-3-2-4-6-14/h2-10,16H,11H2,1H3,(H,21,25)(H,22,23,24,26). The van der Waals surface area contributed by atoms with Gasteiger partial charge in [-0.25, -0.2) is 0 Å². The molecule has 0 aliphatic rings. The smallest absolute Gasteiger partial charge is 0.228 e. The van der Waals surface area contributed by atoms with Crippen molar-refractivity contribution in [3.63, 3.8) is 0 Å². The first-order chi connectivity index (χ1) is 13.0. The van der Waals surface area contributed by atoms with Crippen molar-refractivity contribution in [2.75, 3.05) is 5.32 Å². The summed E-state index contributed by atoms with van der Waals surface area (Å²) in [6.07, 6.45) is 0.0709. The van der Waals surface area contributed by atoms with E-state index in [-0.39, 0.29) is 18.2 Å². The van der Waals surface area contributed by atoms with Crippen molar-refractivity contribution >= 4 is 40.1 Å². The molecular formula is C19H17ClN4O2S. The molecule has 27 heavy (non-hydrogen) atoms. The Bertz CT molecular complexity index is 928. The van der Waals surface area contributed by atoms with Crippen molar-refractivity contribution in [3.8, 4) is 11.4 Å². The van der Waals surface area contributed by atoms with Crippen molar-refractivity contribution in [2.45, 2.75) is 19.4 Å². The molecule has 0 saturated carbocycles. The van der Waals surface area contributed by atoms with Crippen LogP contribution in [0.3, 0.4) is 0 Å². The van der Waals surface area contributed by atoms with Gasteiger partial charge in [-0.15, -0.1) is 0 Å².